The van der Waals surface area contributed by atoms with Gasteiger partial charge in [-0.1, -0.05) is 0 Å². The van der Waals surface area contributed by atoms with E-state index in [0.717, 1.165) is 0 Å². The van der Waals surface area contributed by atoms with Gasteiger partial charge >= 0.3 is 5.97 Å². The summed E-state index contributed by atoms with van der Waals surface area (Å²) in [5, 5.41) is 10.7. The van der Waals surface area contributed by atoms with E-state index in [9.17, 15) is 9.59 Å². The summed E-state index contributed by atoms with van der Waals surface area (Å²) in [5.41, 5.74) is 5.19. The predicted octanol–water partition coefficient (Wildman–Crippen LogP) is -1.08. The molecular formula is C6H12N2O3. The number of rotatable bonds is 4. The molecule has 0 aromatic carbocycles. The minimum absolute atomic E-state index is 0.129. The Hall–Kier alpha value is -1.10. The van der Waals surface area contributed by atoms with Gasteiger partial charge in [-0.3, -0.25) is 9.59 Å². The van der Waals surface area contributed by atoms with E-state index in [1.165, 1.54) is 6.92 Å². The minimum Gasteiger partial charge on any atom is -0.481 e. The summed E-state index contributed by atoms with van der Waals surface area (Å²) in [6, 6.07) is -0.454. The lowest BCUT2D eigenvalue weighted by atomic mass is 10.2. The molecule has 1 atom stereocenters. The first kappa shape index (κ1) is 9.90. The molecule has 0 aliphatic heterocycles. The molecular weight excluding hydrogens is 148 g/mol. The van der Waals surface area contributed by atoms with Crippen LogP contribution in [-0.2, 0) is 9.59 Å². The van der Waals surface area contributed by atoms with Crippen molar-refractivity contribution >= 4 is 11.9 Å². The smallest absolute Gasteiger partial charge is 0.305 e. The van der Waals surface area contributed by atoms with E-state index in [1.807, 2.05) is 0 Å². The Bertz CT molecular complexity index is 142. The first-order chi connectivity index (χ1) is 5.06. The Kier molecular flexibility index (Phi) is 4.21. The van der Waals surface area contributed by atoms with E-state index in [2.05, 4.69) is 5.32 Å². The number of amides is 1. The molecule has 5 nitrogen and oxygen atoms in total. The van der Waals surface area contributed by atoms with Crippen LogP contribution in [0.15, 0.2) is 0 Å². The highest BCUT2D eigenvalue weighted by molar-refractivity contribution is 5.74. The van der Waals surface area contributed by atoms with E-state index in [1.54, 1.807) is 0 Å². The second-order valence-electron chi connectivity index (χ2n) is 2.23. The molecule has 0 aromatic rings. The highest BCUT2D eigenvalue weighted by Gasteiger charge is 2.11. The molecule has 0 aliphatic rings. The molecule has 1 unspecified atom stereocenters. The SMILES string of the molecule is CC(=O)NC(CN)CC(=O)O. The predicted molar refractivity (Wildman–Crippen MR) is 38.9 cm³/mol. The zero-order valence-corrected chi connectivity index (χ0v) is 6.33. The van der Waals surface area contributed by atoms with Crippen LogP contribution in [0.25, 0.3) is 0 Å². The van der Waals surface area contributed by atoms with Crippen LogP contribution >= 0.6 is 0 Å². The van der Waals surface area contributed by atoms with Crippen LogP contribution in [0.1, 0.15) is 13.3 Å². The van der Waals surface area contributed by atoms with Crippen LogP contribution in [0.2, 0.25) is 0 Å². The van der Waals surface area contributed by atoms with Gasteiger partial charge in [0.15, 0.2) is 0 Å². The van der Waals surface area contributed by atoms with Gasteiger partial charge in [0.25, 0.3) is 0 Å². The molecule has 0 heterocycles. The summed E-state index contributed by atoms with van der Waals surface area (Å²) >= 11 is 0. The first-order valence-corrected chi connectivity index (χ1v) is 3.25. The summed E-state index contributed by atoms with van der Waals surface area (Å²) in [5.74, 6) is -1.23. The van der Waals surface area contributed by atoms with Gasteiger partial charge in [0.2, 0.25) is 5.91 Å². The monoisotopic (exact) mass is 160 g/mol. The van der Waals surface area contributed by atoms with Crippen LogP contribution in [0.5, 0.6) is 0 Å². The number of nitrogens with two attached hydrogens (primary N) is 1. The number of aliphatic carboxylic acids is 1. The standard InChI is InChI=1S/C6H12N2O3/c1-4(9)8-5(3-7)2-6(10)11/h5H,2-3,7H2,1H3,(H,8,9)(H,10,11). The summed E-state index contributed by atoms with van der Waals surface area (Å²) in [7, 11) is 0. The van der Waals surface area contributed by atoms with Crippen LogP contribution in [-0.4, -0.2) is 29.6 Å². The van der Waals surface area contributed by atoms with Crippen molar-refractivity contribution in [3.8, 4) is 0 Å². The first-order valence-electron chi connectivity index (χ1n) is 3.25. The second kappa shape index (κ2) is 4.68. The van der Waals surface area contributed by atoms with Crippen molar-refractivity contribution in [1.29, 1.82) is 0 Å². The maximum Gasteiger partial charge on any atom is 0.305 e. The number of carboxylic acids is 1. The Balaban J connectivity index is 3.76. The molecule has 0 fully saturated rings. The van der Waals surface area contributed by atoms with Crippen molar-refractivity contribution in [1.82, 2.24) is 5.32 Å². The lowest BCUT2D eigenvalue weighted by molar-refractivity contribution is -0.137. The van der Waals surface area contributed by atoms with Crippen molar-refractivity contribution in [2.24, 2.45) is 5.73 Å². The van der Waals surface area contributed by atoms with Gasteiger partial charge in [0.05, 0.1) is 12.5 Å². The van der Waals surface area contributed by atoms with Crippen LogP contribution in [0, 0.1) is 0 Å². The molecule has 0 aliphatic carbocycles. The molecule has 5 heteroatoms. The van der Waals surface area contributed by atoms with Gasteiger partial charge in [-0.2, -0.15) is 0 Å². The number of carboxylic acid groups (broad SMARTS) is 1. The fourth-order valence-corrected chi connectivity index (χ4v) is 0.692. The van der Waals surface area contributed by atoms with Crippen molar-refractivity contribution in [2.45, 2.75) is 19.4 Å². The van der Waals surface area contributed by atoms with Crippen LogP contribution in [0.4, 0.5) is 0 Å². The lowest BCUT2D eigenvalue weighted by Crippen LogP contribution is -2.40. The van der Waals surface area contributed by atoms with Crippen molar-refractivity contribution in [3.05, 3.63) is 0 Å². The molecule has 64 valence electrons. The van der Waals surface area contributed by atoms with Gasteiger partial charge in [-0.15, -0.1) is 0 Å². The van der Waals surface area contributed by atoms with E-state index in [-0.39, 0.29) is 18.9 Å². The summed E-state index contributed by atoms with van der Waals surface area (Å²) < 4.78 is 0. The molecule has 0 aromatic heterocycles. The van der Waals surface area contributed by atoms with Gasteiger partial charge in [0.1, 0.15) is 0 Å². The molecule has 0 radical (unpaired) electrons. The molecule has 11 heavy (non-hydrogen) atoms. The fourth-order valence-electron chi connectivity index (χ4n) is 0.692. The average Bonchev–Trinajstić information content (AvgIpc) is 1.84. The van der Waals surface area contributed by atoms with Gasteiger partial charge in [-0.05, 0) is 0 Å². The Morgan fingerprint density at radius 2 is 2.18 bits per heavy atom. The van der Waals surface area contributed by atoms with E-state index < -0.39 is 12.0 Å². The third-order valence-corrected chi connectivity index (χ3v) is 1.11. The van der Waals surface area contributed by atoms with Crippen LogP contribution < -0.4 is 11.1 Å². The quantitative estimate of drug-likeness (QED) is 0.488. The average molecular weight is 160 g/mol. The number of carbonyl (C=O) groups is 2. The third-order valence-electron chi connectivity index (χ3n) is 1.11. The van der Waals surface area contributed by atoms with E-state index in [4.69, 9.17) is 10.8 Å². The van der Waals surface area contributed by atoms with Crippen molar-refractivity contribution < 1.29 is 14.7 Å². The van der Waals surface area contributed by atoms with Gasteiger partial charge in [-0.25, -0.2) is 0 Å². The molecule has 0 saturated carbocycles. The molecule has 0 saturated heterocycles. The van der Waals surface area contributed by atoms with Crippen LogP contribution in [0.3, 0.4) is 0 Å². The highest BCUT2D eigenvalue weighted by atomic mass is 16.4. The fraction of sp³-hybridized carbons (Fsp3) is 0.667. The number of hydrogen-bond acceptors (Lipinski definition) is 3. The minimum atomic E-state index is -0.964. The maximum absolute atomic E-state index is 10.4. The largest absolute Gasteiger partial charge is 0.481 e. The van der Waals surface area contributed by atoms with E-state index >= 15 is 0 Å². The normalized spacial score (nSPS) is 12.2. The summed E-state index contributed by atoms with van der Waals surface area (Å²) in [6.45, 7) is 1.47. The number of nitrogens with one attached hydrogen (secondary N) is 1. The Morgan fingerprint density at radius 1 is 1.64 bits per heavy atom. The zero-order chi connectivity index (χ0) is 8.85. The molecule has 0 spiro atoms. The number of carbonyl (C=O) groups excluding carboxylic acids is 1. The maximum atomic E-state index is 10.4. The third kappa shape index (κ3) is 5.35. The number of hydrogen-bond donors (Lipinski definition) is 3. The Morgan fingerprint density at radius 3 is 2.45 bits per heavy atom. The van der Waals surface area contributed by atoms with E-state index in [0.29, 0.717) is 0 Å². The second-order valence-corrected chi connectivity index (χ2v) is 2.23. The summed E-state index contributed by atoms with van der Waals surface area (Å²) in [4.78, 5) is 20.6. The van der Waals surface area contributed by atoms with Gasteiger partial charge < -0.3 is 16.2 Å². The molecule has 1 amide bonds. The topological polar surface area (TPSA) is 92.4 Å². The van der Waals surface area contributed by atoms with Crippen molar-refractivity contribution in [3.63, 3.8) is 0 Å². The molecule has 4 N–H and O–H groups in total. The molecule has 0 rings (SSSR count). The summed E-state index contributed by atoms with van der Waals surface area (Å²) in [6.07, 6.45) is -0.129. The lowest BCUT2D eigenvalue weighted by Gasteiger charge is -2.12. The highest BCUT2D eigenvalue weighted by Crippen LogP contribution is 1.88. The molecule has 0 bridgehead atoms. The van der Waals surface area contributed by atoms with Crippen molar-refractivity contribution in [2.75, 3.05) is 6.54 Å². The zero-order valence-electron chi connectivity index (χ0n) is 6.33. The Labute approximate surface area is 64.6 Å². The van der Waals surface area contributed by atoms with Gasteiger partial charge in [0, 0.05) is 13.5 Å².